The lowest BCUT2D eigenvalue weighted by Crippen LogP contribution is -2.32. The van der Waals surface area contributed by atoms with Gasteiger partial charge < -0.3 is 10.2 Å². The minimum absolute atomic E-state index is 0.0824. The standard InChI is InChI=1S/C23H29N3O4S/c1-5-17(4)25-31(29,30)21-10-7-19(8-11-21)24-23(28)18-13-22(27)26(14-18)20-9-6-15(2)16(3)12-20/h6-12,17-18,25H,5,13-14H2,1-4H3,(H,24,28). The van der Waals surface area contributed by atoms with Crippen molar-refractivity contribution < 1.29 is 18.0 Å². The summed E-state index contributed by atoms with van der Waals surface area (Å²) in [5, 5.41) is 2.79. The Morgan fingerprint density at radius 2 is 1.81 bits per heavy atom. The van der Waals surface area contributed by atoms with Crippen LogP contribution >= 0.6 is 0 Å². The van der Waals surface area contributed by atoms with Gasteiger partial charge in [0.1, 0.15) is 0 Å². The molecule has 7 nitrogen and oxygen atoms in total. The number of carbonyl (C=O) groups is 2. The van der Waals surface area contributed by atoms with Crippen LogP contribution in [0.25, 0.3) is 0 Å². The van der Waals surface area contributed by atoms with Gasteiger partial charge in [0.2, 0.25) is 21.8 Å². The molecule has 1 heterocycles. The highest BCUT2D eigenvalue weighted by molar-refractivity contribution is 7.89. The van der Waals surface area contributed by atoms with Crippen LogP contribution in [0.2, 0.25) is 0 Å². The van der Waals surface area contributed by atoms with Gasteiger partial charge in [-0.05, 0) is 74.7 Å². The molecule has 1 aliphatic heterocycles. The lowest BCUT2D eigenvalue weighted by molar-refractivity contribution is -0.122. The van der Waals surface area contributed by atoms with Crippen molar-refractivity contribution in [3.63, 3.8) is 0 Å². The first-order chi connectivity index (χ1) is 14.6. The third kappa shape index (κ3) is 5.32. The van der Waals surface area contributed by atoms with E-state index in [4.69, 9.17) is 0 Å². The third-order valence-corrected chi connectivity index (χ3v) is 7.30. The molecule has 2 unspecified atom stereocenters. The van der Waals surface area contributed by atoms with Crippen LogP contribution in [-0.4, -0.2) is 32.8 Å². The van der Waals surface area contributed by atoms with E-state index in [0.717, 1.165) is 16.8 Å². The Hall–Kier alpha value is -2.71. The number of amides is 2. The Bertz CT molecular complexity index is 1080. The highest BCUT2D eigenvalue weighted by Gasteiger charge is 2.35. The van der Waals surface area contributed by atoms with Crippen LogP contribution in [0.5, 0.6) is 0 Å². The fourth-order valence-corrected chi connectivity index (χ4v) is 4.73. The van der Waals surface area contributed by atoms with E-state index in [1.165, 1.54) is 12.1 Å². The van der Waals surface area contributed by atoms with Crippen LogP contribution in [0.15, 0.2) is 47.4 Å². The first kappa shape index (κ1) is 23.0. The number of hydrogen-bond acceptors (Lipinski definition) is 4. The number of anilines is 2. The largest absolute Gasteiger partial charge is 0.326 e. The molecule has 0 saturated carbocycles. The SMILES string of the molecule is CCC(C)NS(=O)(=O)c1ccc(NC(=O)C2CC(=O)N(c3ccc(C)c(C)c3)C2)cc1. The molecule has 2 N–H and O–H groups in total. The molecule has 0 radical (unpaired) electrons. The van der Waals surface area contributed by atoms with Crippen LogP contribution in [0.1, 0.15) is 37.8 Å². The van der Waals surface area contributed by atoms with Crippen molar-refractivity contribution in [2.75, 3.05) is 16.8 Å². The molecule has 0 aliphatic carbocycles. The highest BCUT2D eigenvalue weighted by Crippen LogP contribution is 2.27. The van der Waals surface area contributed by atoms with E-state index in [9.17, 15) is 18.0 Å². The summed E-state index contributed by atoms with van der Waals surface area (Å²) in [5.74, 6) is -0.807. The Balaban J connectivity index is 1.65. The quantitative estimate of drug-likeness (QED) is 0.686. The highest BCUT2D eigenvalue weighted by atomic mass is 32.2. The topological polar surface area (TPSA) is 95.6 Å². The third-order valence-electron chi connectivity index (χ3n) is 5.70. The van der Waals surface area contributed by atoms with E-state index in [-0.39, 0.29) is 29.2 Å². The van der Waals surface area contributed by atoms with E-state index in [1.807, 2.05) is 39.0 Å². The van der Waals surface area contributed by atoms with E-state index in [1.54, 1.807) is 24.0 Å². The average molecular weight is 444 g/mol. The summed E-state index contributed by atoms with van der Waals surface area (Å²) in [7, 11) is -3.60. The zero-order chi connectivity index (χ0) is 22.8. The minimum atomic E-state index is -3.60. The first-order valence-electron chi connectivity index (χ1n) is 10.4. The summed E-state index contributed by atoms with van der Waals surface area (Å²) in [5.41, 5.74) is 3.53. The summed E-state index contributed by atoms with van der Waals surface area (Å²) in [6.45, 7) is 8.03. The van der Waals surface area contributed by atoms with E-state index in [2.05, 4.69) is 10.0 Å². The predicted molar refractivity (Wildman–Crippen MR) is 122 cm³/mol. The van der Waals surface area contributed by atoms with Crippen molar-refractivity contribution in [1.82, 2.24) is 4.72 Å². The fraction of sp³-hybridized carbons (Fsp3) is 0.391. The molecule has 2 aromatic rings. The van der Waals surface area contributed by atoms with Crippen LogP contribution in [0.3, 0.4) is 0 Å². The molecule has 2 atom stereocenters. The number of benzene rings is 2. The van der Waals surface area contributed by atoms with Crippen molar-refractivity contribution in [3.05, 3.63) is 53.6 Å². The van der Waals surface area contributed by atoms with Crippen molar-refractivity contribution in [3.8, 4) is 0 Å². The van der Waals surface area contributed by atoms with Gasteiger partial charge in [-0.25, -0.2) is 13.1 Å². The molecular weight excluding hydrogens is 414 g/mol. The summed E-state index contributed by atoms with van der Waals surface area (Å²) < 4.78 is 27.3. The zero-order valence-electron chi connectivity index (χ0n) is 18.3. The Morgan fingerprint density at radius 1 is 1.13 bits per heavy atom. The molecule has 1 fully saturated rings. The number of hydrogen-bond donors (Lipinski definition) is 2. The van der Waals surface area contributed by atoms with Crippen LogP contribution in [0, 0.1) is 19.8 Å². The second kappa shape index (κ2) is 9.20. The van der Waals surface area contributed by atoms with E-state index in [0.29, 0.717) is 18.7 Å². The van der Waals surface area contributed by atoms with Gasteiger partial charge in [-0.15, -0.1) is 0 Å². The number of sulfonamides is 1. The molecule has 0 bridgehead atoms. The fourth-order valence-electron chi connectivity index (χ4n) is 3.40. The van der Waals surface area contributed by atoms with E-state index < -0.39 is 15.9 Å². The van der Waals surface area contributed by atoms with Crippen molar-refractivity contribution in [2.45, 2.75) is 51.5 Å². The summed E-state index contributed by atoms with van der Waals surface area (Å²) in [6, 6.07) is 11.7. The molecule has 1 aliphatic rings. The lowest BCUT2D eigenvalue weighted by Gasteiger charge is -2.18. The molecule has 0 aromatic heterocycles. The smallest absolute Gasteiger partial charge is 0.240 e. The Labute approximate surface area is 183 Å². The Morgan fingerprint density at radius 3 is 2.42 bits per heavy atom. The van der Waals surface area contributed by atoms with Gasteiger partial charge in [0.05, 0.1) is 10.8 Å². The molecule has 2 amide bonds. The van der Waals surface area contributed by atoms with Gasteiger partial charge >= 0.3 is 0 Å². The number of carbonyl (C=O) groups excluding carboxylic acids is 2. The van der Waals surface area contributed by atoms with Gasteiger partial charge in [-0.2, -0.15) is 0 Å². The van der Waals surface area contributed by atoms with Gasteiger partial charge in [0.15, 0.2) is 0 Å². The number of nitrogens with zero attached hydrogens (tertiary/aromatic N) is 1. The zero-order valence-corrected chi connectivity index (χ0v) is 19.1. The normalized spacial score (nSPS) is 17.6. The second-order valence-electron chi connectivity index (χ2n) is 8.12. The van der Waals surface area contributed by atoms with Gasteiger partial charge in [0, 0.05) is 30.4 Å². The monoisotopic (exact) mass is 443 g/mol. The van der Waals surface area contributed by atoms with Crippen LogP contribution < -0.4 is 14.9 Å². The van der Waals surface area contributed by atoms with Gasteiger partial charge in [-0.3, -0.25) is 9.59 Å². The lowest BCUT2D eigenvalue weighted by atomic mass is 10.1. The number of aryl methyl sites for hydroxylation is 2. The van der Waals surface area contributed by atoms with E-state index >= 15 is 0 Å². The summed E-state index contributed by atoms with van der Waals surface area (Å²) in [4.78, 5) is 27.0. The minimum Gasteiger partial charge on any atom is -0.326 e. The first-order valence-corrected chi connectivity index (χ1v) is 11.9. The maximum Gasteiger partial charge on any atom is 0.240 e. The molecule has 2 aromatic carbocycles. The summed E-state index contributed by atoms with van der Waals surface area (Å²) in [6.07, 6.45) is 0.830. The molecule has 0 spiro atoms. The Kier molecular flexibility index (Phi) is 6.81. The molecular formula is C23H29N3O4S. The second-order valence-corrected chi connectivity index (χ2v) is 9.83. The summed E-state index contributed by atoms with van der Waals surface area (Å²) >= 11 is 0. The van der Waals surface area contributed by atoms with Gasteiger partial charge in [-0.1, -0.05) is 13.0 Å². The molecule has 31 heavy (non-hydrogen) atoms. The molecule has 8 heteroatoms. The van der Waals surface area contributed by atoms with Crippen LogP contribution in [-0.2, 0) is 19.6 Å². The molecule has 3 rings (SSSR count). The van der Waals surface area contributed by atoms with Gasteiger partial charge in [0.25, 0.3) is 0 Å². The number of nitrogens with one attached hydrogen (secondary N) is 2. The van der Waals surface area contributed by atoms with Crippen molar-refractivity contribution in [2.24, 2.45) is 5.92 Å². The van der Waals surface area contributed by atoms with Crippen molar-refractivity contribution >= 4 is 33.2 Å². The van der Waals surface area contributed by atoms with Crippen LogP contribution in [0.4, 0.5) is 11.4 Å². The average Bonchev–Trinajstić information content (AvgIpc) is 3.12. The number of rotatable bonds is 7. The molecule has 1 saturated heterocycles. The predicted octanol–water partition coefficient (Wildman–Crippen LogP) is 3.37. The van der Waals surface area contributed by atoms with Crippen molar-refractivity contribution in [1.29, 1.82) is 0 Å². The molecule has 166 valence electrons. The maximum absolute atomic E-state index is 12.7. The maximum atomic E-state index is 12.7.